The quantitative estimate of drug-likeness (QED) is 0.339. The van der Waals surface area contributed by atoms with Gasteiger partial charge in [-0.25, -0.2) is 8.42 Å². The molecule has 0 N–H and O–H groups in total. The minimum Gasteiger partial charge on any atom is -0.494 e. The number of carbonyl (C=O) groups excluding carboxylic acids is 1. The predicted molar refractivity (Wildman–Crippen MR) is 102 cm³/mol. The molecule has 0 bridgehead atoms. The number of hydrogen-bond donors (Lipinski definition) is 0. The fraction of sp³-hybridized carbons (Fsp3) is 0.611. The van der Waals surface area contributed by atoms with Crippen molar-refractivity contribution in [3.63, 3.8) is 0 Å². The molecule has 1 aromatic rings. The second-order valence-corrected chi connectivity index (χ2v) is 9.32. The van der Waals surface area contributed by atoms with Crippen molar-refractivity contribution in [2.45, 2.75) is 39.0 Å². The van der Waals surface area contributed by atoms with E-state index in [1.165, 1.54) is 12.1 Å². The van der Waals surface area contributed by atoms with Crippen LogP contribution in [0.25, 0.3) is 0 Å². The fourth-order valence-electron chi connectivity index (χ4n) is 2.21. The van der Waals surface area contributed by atoms with E-state index in [-0.39, 0.29) is 30.0 Å². The highest BCUT2D eigenvalue weighted by Gasteiger charge is 2.30. The van der Waals surface area contributed by atoms with Crippen molar-refractivity contribution < 1.29 is 22.7 Å². The summed E-state index contributed by atoms with van der Waals surface area (Å²) in [4.78, 5) is 12.0. The van der Waals surface area contributed by atoms with Crippen molar-refractivity contribution >= 4 is 27.6 Å². The van der Waals surface area contributed by atoms with Crippen LogP contribution in [-0.2, 0) is 19.6 Å². The SMILES string of the molecule is CCOC(=O)CN(CC(C)(C)C)S(=O)(=O)c1ccc(OCCCCl)cc1. The number of alkyl halides is 1. The highest BCUT2D eigenvalue weighted by molar-refractivity contribution is 7.89. The Morgan fingerprint density at radius 2 is 1.81 bits per heavy atom. The lowest BCUT2D eigenvalue weighted by Crippen LogP contribution is -2.41. The number of carbonyl (C=O) groups is 1. The van der Waals surface area contributed by atoms with Crippen LogP contribution in [0.3, 0.4) is 0 Å². The third-order valence-corrected chi connectivity index (χ3v) is 5.34. The number of hydrogen-bond acceptors (Lipinski definition) is 5. The van der Waals surface area contributed by atoms with Gasteiger partial charge in [-0.15, -0.1) is 11.6 Å². The smallest absolute Gasteiger partial charge is 0.321 e. The van der Waals surface area contributed by atoms with Crippen LogP contribution in [-0.4, -0.2) is 50.9 Å². The van der Waals surface area contributed by atoms with E-state index in [4.69, 9.17) is 21.1 Å². The maximum Gasteiger partial charge on any atom is 0.321 e. The Balaban J connectivity index is 3.01. The number of esters is 1. The van der Waals surface area contributed by atoms with Crippen molar-refractivity contribution in [3.05, 3.63) is 24.3 Å². The summed E-state index contributed by atoms with van der Waals surface area (Å²) in [7, 11) is -3.83. The lowest BCUT2D eigenvalue weighted by atomic mass is 9.97. The Morgan fingerprint density at radius 3 is 2.31 bits per heavy atom. The standard InChI is InChI=1S/C18H28ClNO5S/c1-5-24-17(21)13-20(14-18(2,3)4)26(22,23)16-9-7-15(8-10-16)25-12-6-11-19/h7-10H,5-6,11-14H2,1-4H3. The van der Waals surface area contributed by atoms with Gasteiger partial charge in [0.1, 0.15) is 12.3 Å². The summed E-state index contributed by atoms with van der Waals surface area (Å²) < 4.78 is 37.5. The molecule has 0 amide bonds. The van der Waals surface area contributed by atoms with E-state index >= 15 is 0 Å². The van der Waals surface area contributed by atoms with E-state index in [0.717, 1.165) is 4.31 Å². The van der Waals surface area contributed by atoms with Crippen molar-refractivity contribution in [1.82, 2.24) is 4.31 Å². The maximum absolute atomic E-state index is 13.0. The first-order chi connectivity index (χ1) is 12.1. The molecule has 0 fully saturated rings. The van der Waals surface area contributed by atoms with Gasteiger partial charge in [-0.3, -0.25) is 4.79 Å². The third-order valence-electron chi connectivity index (χ3n) is 3.27. The number of sulfonamides is 1. The van der Waals surface area contributed by atoms with Crippen LogP contribution >= 0.6 is 11.6 Å². The van der Waals surface area contributed by atoms with E-state index in [1.54, 1.807) is 19.1 Å². The minimum atomic E-state index is -3.83. The van der Waals surface area contributed by atoms with E-state index < -0.39 is 16.0 Å². The van der Waals surface area contributed by atoms with Crippen molar-refractivity contribution in [1.29, 1.82) is 0 Å². The molecule has 8 heteroatoms. The van der Waals surface area contributed by atoms with Gasteiger partial charge in [0, 0.05) is 12.4 Å². The molecular formula is C18H28ClNO5S. The first-order valence-corrected chi connectivity index (χ1v) is 10.5. The van der Waals surface area contributed by atoms with Gasteiger partial charge in [0.2, 0.25) is 10.0 Å². The second-order valence-electron chi connectivity index (χ2n) is 7.00. The molecule has 1 rings (SSSR count). The average Bonchev–Trinajstić information content (AvgIpc) is 2.54. The molecule has 148 valence electrons. The van der Waals surface area contributed by atoms with Crippen LogP contribution in [0.4, 0.5) is 0 Å². The number of nitrogens with zero attached hydrogens (tertiary/aromatic N) is 1. The molecule has 0 saturated carbocycles. The van der Waals surface area contributed by atoms with E-state index in [9.17, 15) is 13.2 Å². The highest BCUT2D eigenvalue weighted by atomic mass is 35.5. The summed E-state index contributed by atoms with van der Waals surface area (Å²) >= 11 is 5.60. The average molecular weight is 406 g/mol. The topological polar surface area (TPSA) is 72.9 Å². The van der Waals surface area contributed by atoms with Gasteiger partial charge in [-0.1, -0.05) is 20.8 Å². The van der Waals surface area contributed by atoms with Crippen LogP contribution in [0.5, 0.6) is 5.75 Å². The van der Waals surface area contributed by atoms with Crippen LogP contribution in [0.2, 0.25) is 0 Å². The normalized spacial score (nSPS) is 12.2. The highest BCUT2D eigenvalue weighted by Crippen LogP contribution is 2.24. The molecule has 0 spiro atoms. The number of benzene rings is 1. The van der Waals surface area contributed by atoms with Gasteiger partial charge >= 0.3 is 5.97 Å². The Bertz CT molecular complexity index is 668. The first kappa shape index (κ1) is 22.7. The van der Waals surface area contributed by atoms with Crippen LogP contribution in [0.1, 0.15) is 34.1 Å². The molecule has 0 atom stereocenters. The first-order valence-electron chi connectivity index (χ1n) is 8.55. The zero-order valence-electron chi connectivity index (χ0n) is 15.8. The Hall–Kier alpha value is -1.31. The predicted octanol–water partition coefficient (Wildman–Crippen LogP) is 3.29. The molecule has 0 aromatic heterocycles. The van der Waals surface area contributed by atoms with Gasteiger partial charge in [-0.05, 0) is 43.0 Å². The summed E-state index contributed by atoms with van der Waals surface area (Å²) in [5, 5.41) is 0. The summed E-state index contributed by atoms with van der Waals surface area (Å²) in [6, 6.07) is 6.15. The van der Waals surface area contributed by atoms with E-state index in [1.807, 2.05) is 20.8 Å². The molecule has 0 aliphatic heterocycles. The van der Waals surface area contributed by atoms with Gasteiger partial charge in [0.15, 0.2) is 0 Å². The molecule has 0 saturated heterocycles. The van der Waals surface area contributed by atoms with E-state index in [0.29, 0.717) is 24.7 Å². The monoisotopic (exact) mass is 405 g/mol. The molecule has 26 heavy (non-hydrogen) atoms. The van der Waals surface area contributed by atoms with E-state index in [2.05, 4.69) is 0 Å². The molecule has 0 unspecified atom stereocenters. The van der Waals surface area contributed by atoms with Crippen molar-refractivity contribution in [2.75, 3.05) is 32.2 Å². The number of halogens is 1. The molecule has 0 aliphatic carbocycles. The Morgan fingerprint density at radius 1 is 1.19 bits per heavy atom. The van der Waals surface area contributed by atoms with Gasteiger partial charge in [0.05, 0.1) is 18.1 Å². The van der Waals surface area contributed by atoms with Crippen LogP contribution < -0.4 is 4.74 Å². The summed E-state index contributed by atoms with van der Waals surface area (Å²) in [6.45, 7) is 7.97. The molecule has 0 radical (unpaired) electrons. The lowest BCUT2D eigenvalue weighted by Gasteiger charge is -2.28. The Labute approximate surface area is 161 Å². The lowest BCUT2D eigenvalue weighted by molar-refractivity contribution is -0.143. The molecular weight excluding hydrogens is 378 g/mol. The zero-order valence-corrected chi connectivity index (χ0v) is 17.4. The second kappa shape index (κ2) is 10.1. The van der Waals surface area contributed by atoms with Gasteiger partial charge < -0.3 is 9.47 Å². The zero-order chi connectivity index (χ0) is 19.8. The maximum atomic E-state index is 13.0. The van der Waals surface area contributed by atoms with Crippen LogP contribution in [0, 0.1) is 5.41 Å². The fourth-order valence-corrected chi connectivity index (χ4v) is 3.93. The summed E-state index contributed by atoms with van der Waals surface area (Å²) in [6.07, 6.45) is 0.709. The summed E-state index contributed by atoms with van der Waals surface area (Å²) in [5.41, 5.74) is -0.315. The third kappa shape index (κ3) is 7.51. The van der Waals surface area contributed by atoms with Crippen molar-refractivity contribution in [3.8, 4) is 5.75 Å². The number of ether oxygens (including phenoxy) is 2. The Kier molecular flexibility index (Phi) is 8.86. The van der Waals surface area contributed by atoms with Gasteiger partial charge in [-0.2, -0.15) is 4.31 Å². The largest absolute Gasteiger partial charge is 0.494 e. The molecule has 0 heterocycles. The molecule has 1 aromatic carbocycles. The van der Waals surface area contributed by atoms with Crippen LogP contribution in [0.15, 0.2) is 29.2 Å². The molecule has 6 nitrogen and oxygen atoms in total. The van der Waals surface area contributed by atoms with Crippen molar-refractivity contribution in [2.24, 2.45) is 5.41 Å². The van der Waals surface area contributed by atoms with Gasteiger partial charge in [0.25, 0.3) is 0 Å². The molecule has 0 aliphatic rings. The minimum absolute atomic E-state index is 0.107. The summed E-state index contributed by atoms with van der Waals surface area (Å²) in [5.74, 6) is 0.505. The number of rotatable bonds is 10.